The molecule has 0 radical (unpaired) electrons. The molecule has 1 N–H and O–H groups in total. The highest BCUT2D eigenvalue weighted by Crippen LogP contribution is 2.33. The molecule has 1 aliphatic rings. The van der Waals surface area contributed by atoms with E-state index >= 15 is 0 Å². The fraction of sp³-hybridized carbons (Fsp3) is 0.500. The van der Waals surface area contributed by atoms with Gasteiger partial charge in [-0.25, -0.2) is 4.39 Å². The third kappa shape index (κ3) is 3.29. The fourth-order valence-corrected chi connectivity index (χ4v) is 2.01. The summed E-state index contributed by atoms with van der Waals surface area (Å²) in [5.41, 5.74) is 1.04. The van der Waals surface area contributed by atoms with Gasteiger partial charge in [-0.2, -0.15) is 0 Å². The predicted octanol–water partition coefficient (Wildman–Crippen LogP) is 3.05. The summed E-state index contributed by atoms with van der Waals surface area (Å²) in [4.78, 5) is 11.9. The van der Waals surface area contributed by atoms with Crippen LogP contribution in [0.3, 0.4) is 0 Å². The van der Waals surface area contributed by atoms with Crippen LogP contribution in [0.25, 0.3) is 0 Å². The topological polar surface area (TPSA) is 29.1 Å². The molecule has 1 unspecified atom stereocenters. The molecule has 3 heteroatoms. The van der Waals surface area contributed by atoms with Crippen LogP contribution in [0.15, 0.2) is 18.2 Å². The lowest BCUT2D eigenvalue weighted by Crippen LogP contribution is -2.32. The molecule has 2 rings (SSSR count). The quantitative estimate of drug-likeness (QED) is 0.853. The molecule has 1 aromatic carbocycles. The van der Waals surface area contributed by atoms with Gasteiger partial charge in [-0.05, 0) is 49.9 Å². The van der Waals surface area contributed by atoms with Crippen LogP contribution in [0.2, 0.25) is 0 Å². The molecule has 1 fully saturated rings. The van der Waals surface area contributed by atoms with Crippen molar-refractivity contribution in [2.24, 2.45) is 5.92 Å². The van der Waals surface area contributed by atoms with Crippen LogP contribution in [0.1, 0.15) is 42.1 Å². The number of amides is 1. The Labute approximate surface area is 101 Å². The molecule has 17 heavy (non-hydrogen) atoms. The highest BCUT2D eigenvalue weighted by Gasteiger charge is 2.24. The SMILES string of the molecule is Cc1cc(C(=O)NC(C)CC2CC2)ccc1F. The number of nitrogens with one attached hydrogen (secondary N) is 1. The number of hydrogen-bond donors (Lipinski definition) is 1. The summed E-state index contributed by atoms with van der Waals surface area (Å²) in [6.45, 7) is 3.69. The Balaban J connectivity index is 1.95. The Morgan fingerprint density at radius 2 is 2.24 bits per heavy atom. The first-order chi connectivity index (χ1) is 8.06. The van der Waals surface area contributed by atoms with Crippen LogP contribution < -0.4 is 5.32 Å². The molecule has 0 spiro atoms. The first-order valence-corrected chi connectivity index (χ1v) is 6.13. The van der Waals surface area contributed by atoms with E-state index in [1.807, 2.05) is 6.92 Å². The number of carbonyl (C=O) groups is 1. The molecule has 0 heterocycles. The zero-order valence-electron chi connectivity index (χ0n) is 10.3. The van der Waals surface area contributed by atoms with Crippen LogP contribution in [-0.4, -0.2) is 11.9 Å². The molecule has 0 saturated heterocycles. The van der Waals surface area contributed by atoms with Gasteiger partial charge in [0.25, 0.3) is 5.91 Å². The van der Waals surface area contributed by atoms with E-state index in [-0.39, 0.29) is 17.8 Å². The molecule has 2 nitrogen and oxygen atoms in total. The third-order valence-electron chi connectivity index (χ3n) is 3.18. The van der Waals surface area contributed by atoms with Gasteiger partial charge in [0.1, 0.15) is 5.82 Å². The summed E-state index contributed by atoms with van der Waals surface area (Å²) in [5, 5.41) is 2.95. The molecule has 0 aliphatic heterocycles. The number of rotatable bonds is 4. The number of benzene rings is 1. The summed E-state index contributed by atoms with van der Waals surface area (Å²) in [7, 11) is 0. The van der Waals surface area contributed by atoms with Crippen molar-refractivity contribution in [1.29, 1.82) is 0 Å². The first kappa shape index (κ1) is 12.1. The molecular weight excluding hydrogens is 217 g/mol. The molecule has 1 atom stereocenters. The van der Waals surface area contributed by atoms with Gasteiger partial charge >= 0.3 is 0 Å². The van der Waals surface area contributed by atoms with Crippen molar-refractivity contribution < 1.29 is 9.18 Å². The van der Waals surface area contributed by atoms with E-state index in [0.29, 0.717) is 11.1 Å². The van der Waals surface area contributed by atoms with Crippen LogP contribution in [-0.2, 0) is 0 Å². The van der Waals surface area contributed by atoms with E-state index in [9.17, 15) is 9.18 Å². The largest absolute Gasteiger partial charge is 0.350 e. The second kappa shape index (κ2) is 4.86. The Morgan fingerprint density at radius 3 is 2.82 bits per heavy atom. The number of aryl methyl sites for hydroxylation is 1. The highest BCUT2D eigenvalue weighted by molar-refractivity contribution is 5.94. The maximum Gasteiger partial charge on any atom is 0.251 e. The van der Waals surface area contributed by atoms with E-state index in [1.165, 1.54) is 25.0 Å². The smallest absolute Gasteiger partial charge is 0.251 e. The third-order valence-corrected chi connectivity index (χ3v) is 3.18. The summed E-state index contributed by atoms with van der Waals surface area (Å²) in [5.74, 6) is 0.411. The van der Waals surface area contributed by atoms with Gasteiger partial charge in [0.15, 0.2) is 0 Å². The van der Waals surface area contributed by atoms with E-state index < -0.39 is 0 Å². The van der Waals surface area contributed by atoms with Crippen molar-refractivity contribution in [3.8, 4) is 0 Å². The average Bonchev–Trinajstić information content (AvgIpc) is 3.05. The van der Waals surface area contributed by atoms with Crippen LogP contribution in [0.5, 0.6) is 0 Å². The summed E-state index contributed by atoms with van der Waals surface area (Å²) in [6.07, 6.45) is 3.62. The van der Waals surface area contributed by atoms with E-state index in [2.05, 4.69) is 5.32 Å². The van der Waals surface area contributed by atoms with Gasteiger partial charge in [-0.1, -0.05) is 12.8 Å². The summed E-state index contributed by atoms with van der Waals surface area (Å²) >= 11 is 0. The Morgan fingerprint density at radius 1 is 1.53 bits per heavy atom. The highest BCUT2D eigenvalue weighted by atomic mass is 19.1. The number of carbonyl (C=O) groups excluding carboxylic acids is 1. The first-order valence-electron chi connectivity index (χ1n) is 6.13. The van der Waals surface area contributed by atoms with Crippen LogP contribution >= 0.6 is 0 Å². The standard InChI is InChI=1S/C14H18FNO/c1-9-7-12(5-6-13(9)15)14(17)16-10(2)8-11-3-4-11/h5-7,10-11H,3-4,8H2,1-2H3,(H,16,17). The molecule has 1 aromatic rings. The van der Waals surface area contributed by atoms with Gasteiger partial charge in [0.2, 0.25) is 0 Å². The molecular formula is C14H18FNO. The minimum atomic E-state index is -0.271. The van der Waals surface area contributed by atoms with E-state index in [1.54, 1.807) is 13.0 Å². The lowest BCUT2D eigenvalue weighted by Gasteiger charge is -2.13. The molecule has 92 valence electrons. The lowest BCUT2D eigenvalue weighted by atomic mass is 10.1. The predicted molar refractivity (Wildman–Crippen MR) is 65.4 cm³/mol. The minimum absolute atomic E-state index is 0.110. The van der Waals surface area contributed by atoms with Gasteiger partial charge in [-0.3, -0.25) is 4.79 Å². The monoisotopic (exact) mass is 235 g/mol. The van der Waals surface area contributed by atoms with Gasteiger partial charge < -0.3 is 5.32 Å². The zero-order chi connectivity index (χ0) is 12.4. The second-order valence-electron chi connectivity index (χ2n) is 5.02. The average molecular weight is 235 g/mol. The number of halogens is 1. The maximum atomic E-state index is 13.1. The van der Waals surface area contributed by atoms with Crippen molar-refractivity contribution >= 4 is 5.91 Å². The van der Waals surface area contributed by atoms with Crippen molar-refractivity contribution in [3.63, 3.8) is 0 Å². The Hall–Kier alpha value is -1.38. The van der Waals surface area contributed by atoms with E-state index in [4.69, 9.17) is 0 Å². The summed E-state index contributed by atoms with van der Waals surface area (Å²) in [6, 6.07) is 4.66. The van der Waals surface area contributed by atoms with Crippen molar-refractivity contribution in [1.82, 2.24) is 5.32 Å². The second-order valence-corrected chi connectivity index (χ2v) is 5.02. The Bertz CT molecular complexity index is 426. The lowest BCUT2D eigenvalue weighted by molar-refractivity contribution is 0.0937. The molecule has 1 aliphatic carbocycles. The fourth-order valence-electron chi connectivity index (χ4n) is 2.01. The van der Waals surface area contributed by atoms with E-state index in [0.717, 1.165) is 12.3 Å². The van der Waals surface area contributed by atoms with Crippen LogP contribution in [0, 0.1) is 18.7 Å². The normalized spacial score (nSPS) is 16.6. The number of hydrogen-bond acceptors (Lipinski definition) is 1. The maximum absolute atomic E-state index is 13.1. The van der Waals surface area contributed by atoms with Gasteiger partial charge in [0.05, 0.1) is 0 Å². The van der Waals surface area contributed by atoms with Crippen LogP contribution in [0.4, 0.5) is 4.39 Å². The van der Waals surface area contributed by atoms with Crippen molar-refractivity contribution in [2.45, 2.75) is 39.2 Å². The zero-order valence-corrected chi connectivity index (χ0v) is 10.3. The van der Waals surface area contributed by atoms with Gasteiger partial charge in [0, 0.05) is 11.6 Å². The van der Waals surface area contributed by atoms with Gasteiger partial charge in [-0.15, -0.1) is 0 Å². The minimum Gasteiger partial charge on any atom is -0.350 e. The summed E-state index contributed by atoms with van der Waals surface area (Å²) < 4.78 is 13.1. The molecule has 0 aromatic heterocycles. The Kier molecular flexibility index (Phi) is 3.46. The van der Waals surface area contributed by atoms with Crippen molar-refractivity contribution in [2.75, 3.05) is 0 Å². The molecule has 1 saturated carbocycles. The molecule has 0 bridgehead atoms. The molecule has 1 amide bonds. The van der Waals surface area contributed by atoms with Crippen molar-refractivity contribution in [3.05, 3.63) is 35.1 Å².